The molecular weight excluding hydrogens is 384 g/mol. The van der Waals surface area contributed by atoms with E-state index >= 15 is 0 Å². The van der Waals surface area contributed by atoms with Gasteiger partial charge in [0.15, 0.2) is 15.0 Å². The summed E-state index contributed by atoms with van der Waals surface area (Å²) in [5.74, 6) is -0.367. The van der Waals surface area contributed by atoms with Crippen LogP contribution in [0.5, 0.6) is 0 Å². The Morgan fingerprint density at radius 3 is 2.48 bits per heavy atom. The molecule has 27 heavy (non-hydrogen) atoms. The molecule has 4 rings (SSSR count). The third-order valence-corrected chi connectivity index (χ3v) is 7.77. The van der Waals surface area contributed by atoms with E-state index in [1.165, 1.54) is 0 Å². The van der Waals surface area contributed by atoms with Crippen LogP contribution in [-0.2, 0) is 16.4 Å². The number of hydrogen-bond donors (Lipinski definition) is 1. The molecule has 1 aliphatic heterocycles. The van der Waals surface area contributed by atoms with Crippen LogP contribution in [0.15, 0.2) is 64.5 Å². The fourth-order valence-electron chi connectivity index (χ4n) is 3.19. The summed E-state index contributed by atoms with van der Waals surface area (Å²) >= 11 is 1.16. The van der Waals surface area contributed by atoms with Crippen molar-refractivity contribution < 1.29 is 13.5 Å². The van der Waals surface area contributed by atoms with Gasteiger partial charge in [-0.15, -0.1) is 0 Å². The smallest absolute Gasteiger partial charge is 0.262 e. The van der Waals surface area contributed by atoms with Gasteiger partial charge < -0.3 is 5.11 Å². The van der Waals surface area contributed by atoms with Crippen molar-refractivity contribution in [3.05, 3.63) is 70.5 Å². The summed E-state index contributed by atoms with van der Waals surface area (Å²) < 4.78 is 25.2. The van der Waals surface area contributed by atoms with Gasteiger partial charge in [-0.25, -0.2) is 13.4 Å². The Balaban J connectivity index is 1.80. The maximum atomic E-state index is 13.1. The van der Waals surface area contributed by atoms with Gasteiger partial charge in [-0.1, -0.05) is 54.2 Å². The van der Waals surface area contributed by atoms with Crippen LogP contribution in [-0.4, -0.2) is 45.9 Å². The molecule has 1 saturated heterocycles. The van der Waals surface area contributed by atoms with Gasteiger partial charge >= 0.3 is 0 Å². The number of fused-ring (bicyclic) bond motifs is 1. The van der Waals surface area contributed by atoms with Gasteiger partial charge in [-0.3, -0.25) is 9.36 Å². The van der Waals surface area contributed by atoms with Gasteiger partial charge in [0.2, 0.25) is 0 Å². The normalized spacial score (nSPS) is 21.5. The minimum absolute atomic E-state index is 0.118. The molecule has 0 aliphatic carbocycles. The molecule has 1 fully saturated rings. The summed E-state index contributed by atoms with van der Waals surface area (Å²) in [5.41, 5.74) is 1.32. The standard InChI is InChI=1S/C19H18N2O4S2/c22-16-11-27(24,25)12-17(16)26-19-20-15-9-5-4-8-14(15)18(23)21(19)10-13-6-2-1-3-7-13/h1-9,16-17,22H,10-12H2/t16-,17-/m1/s1. The first kappa shape index (κ1) is 18.2. The van der Waals surface area contributed by atoms with Crippen molar-refractivity contribution in [3.8, 4) is 0 Å². The summed E-state index contributed by atoms with van der Waals surface area (Å²) in [6, 6.07) is 16.6. The number of thioether (sulfide) groups is 1. The average molecular weight is 402 g/mol. The van der Waals surface area contributed by atoms with E-state index in [9.17, 15) is 18.3 Å². The van der Waals surface area contributed by atoms with Crippen LogP contribution < -0.4 is 5.56 Å². The Morgan fingerprint density at radius 2 is 1.78 bits per heavy atom. The Labute approximate surface area is 160 Å². The summed E-state index contributed by atoms with van der Waals surface area (Å²) in [4.78, 5) is 17.7. The van der Waals surface area contributed by atoms with Crippen LogP contribution in [0.3, 0.4) is 0 Å². The van der Waals surface area contributed by atoms with Crippen LogP contribution in [0.1, 0.15) is 5.56 Å². The zero-order valence-electron chi connectivity index (χ0n) is 14.4. The number of aromatic nitrogens is 2. The van der Waals surface area contributed by atoms with Crippen molar-refractivity contribution in [3.63, 3.8) is 0 Å². The van der Waals surface area contributed by atoms with Crippen molar-refractivity contribution in [1.29, 1.82) is 0 Å². The first-order valence-corrected chi connectivity index (χ1v) is 11.2. The van der Waals surface area contributed by atoms with E-state index < -0.39 is 21.2 Å². The molecule has 0 amide bonds. The van der Waals surface area contributed by atoms with Crippen molar-refractivity contribution in [2.75, 3.05) is 11.5 Å². The van der Waals surface area contributed by atoms with Crippen molar-refractivity contribution in [2.45, 2.75) is 23.1 Å². The molecule has 0 radical (unpaired) electrons. The second kappa shape index (κ2) is 7.10. The molecule has 0 saturated carbocycles. The predicted octanol–water partition coefficient (Wildman–Crippen LogP) is 1.69. The van der Waals surface area contributed by atoms with Gasteiger partial charge in [0.25, 0.3) is 5.56 Å². The highest BCUT2D eigenvalue weighted by Gasteiger charge is 2.38. The van der Waals surface area contributed by atoms with E-state index in [1.54, 1.807) is 28.8 Å². The quantitative estimate of drug-likeness (QED) is 0.668. The first-order valence-electron chi connectivity index (χ1n) is 8.51. The molecule has 6 nitrogen and oxygen atoms in total. The minimum atomic E-state index is -3.28. The molecule has 0 bridgehead atoms. The van der Waals surface area contributed by atoms with Crippen LogP contribution in [0.4, 0.5) is 0 Å². The van der Waals surface area contributed by atoms with Crippen LogP contribution in [0.25, 0.3) is 10.9 Å². The van der Waals surface area contributed by atoms with Crippen LogP contribution in [0, 0.1) is 0 Å². The monoisotopic (exact) mass is 402 g/mol. The highest BCUT2D eigenvalue weighted by molar-refractivity contribution is 8.01. The lowest BCUT2D eigenvalue weighted by molar-refractivity contribution is 0.207. The average Bonchev–Trinajstić information content (AvgIpc) is 2.91. The van der Waals surface area contributed by atoms with Gasteiger partial charge in [-0.2, -0.15) is 0 Å². The number of nitrogens with zero attached hydrogens (tertiary/aromatic N) is 2. The van der Waals surface area contributed by atoms with E-state index in [0.717, 1.165) is 17.3 Å². The third kappa shape index (κ3) is 3.78. The molecular formula is C19H18N2O4S2. The Kier molecular flexibility index (Phi) is 4.79. The topological polar surface area (TPSA) is 89.3 Å². The van der Waals surface area contributed by atoms with Crippen LogP contribution >= 0.6 is 11.8 Å². The molecule has 140 valence electrons. The van der Waals surface area contributed by atoms with Gasteiger partial charge in [0.1, 0.15) is 0 Å². The number of para-hydroxylation sites is 1. The Hall–Kier alpha value is -2.16. The lowest BCUT2D eigenvalue weighted by atomic mass is 10.2. The zero-order chi connectivity index (χ0) is 19.0. The third-order valence-electron chi connectivity index (χ3n) is 4.54. The summed E-state index contributed by atoms with van der Waals surface area (Å²) in [6.07, 6.45) is -0.964. The molecule has 8 heteroatoms. The van der Waals surface area contributed by atoms with E-state index in [2.05, 4.69) is 4.98 Å². The fourth-order valence-corrected chi connectivity index (χ4v) is 6.77. The molecule has 0 spiro atoms. The maximum absolute atomic E-state index is 13.1. The van der Waals surface area contributed by atoms with E-state index in [4.69, 9.17) is 0 Å². The number of aliphatic hydroxyl groups is 1. The van der Waals surface area contributed by atoms with E-state index in [0.29, 0.717) is 22.6 Å². The molecule has 1 aliphatic rings. The minimum Gasteiger partial charge on any atom is -0.391 e. The van der Waals surface area contributed by atoms with Gasteiger partial charge in [-0.05, 0) is 17.7 Å². The molecule has 3 aromatic rings. The van der Waals surface area contributed by atoms with Gasteiger partial charge in [0, 0.05) is 0 Å². The molecule has 2 aromatic carbocycles. The van der Waals surface area contributed by atoms with E-state index in [1.807, 2.05) is 30.3 Å². The second-order valence-electron chi connectivity index (χ2n) is 6.59. The molecule has 1 N–H and O–H groups in total. The number of hydrogen-bond acceptors (Lipinski definition) is 6. The highest BCUT2D eigenvalue weighted by Crippen LogP contribution is 2.30. The van der Waals surface area contributed by atoms with Gasteiger partial charge in [0.05, 0.1) is 40.3 Å². The maximum Gasteiger partial charge on any atom is 0.262 e. The van der Waals surface area contributed by atoms with Crippen molar-refractivity contribution in [2.24, 2.45) is 0 Å². The van der Waals surface area contributed by atoms with Crippen molar-refractivity contribution in [1.82, 2.24) is 9.55 Å². The largest absolute Gasteiger partial charge is 0.391 e. The predicted molar refractivity (Wildman–Crippen MR) is 106 cm³/mol. The lowest BCUT2D eigenvalue weighted by Crippen LogP contribution is -2.27. The van der Waals surface area contributed by atoms with Crippen LogP contribution in [0.2, 0.25) is 0 Å². The number of aliphatic hydroxyl groups excluding tert-OH is 1. The molecule has 2 atom stereocenters. The Morgan fingerprint density at radius 1 is 1.07 bits per heavy atom. The summed E-state index contributed by atoms with van der Waals surface area (Å²) in [5, 5.41) is 10.5. The molecule has 2 heterocycles. The molecule has 1 aromatic heterocycles. The SMILES string of the molecule is O=c1c2ccccc2nc(S[C@@H]2CS(=O)(=O)C[C@H]2O)n1Cc1ccccc1. The fraction of sp³-hybridized carbons (Fsp3) is 0.263. The van der Waals surface area contributed by atoms with Crippen molar-refractivity contribution >= 4 is 32.5 Å². The second-order valence-corrected chi connectivity index (χ2v) is 9.95. The lowest BCUT2D eigenvalue weighted by Gasteiger charge is -2.17. The highest BCUT2D eigenvalue weighted by atomic mass is 32.2. The number of rotatable bonds is 4. The zero-order valence-corrected chi connectivity index (χ0v) is 16.0. The number of benzene rings is 2. The van der Waals surface area contributed by atoms with E-state index in [-0.39, 0.29) is 17.1 Å². The Bertz CT molecular complexity index is 1140. The molecule has 0 unspecified atom stereocenters. The summed E-state index contributed by atoms with van der Waals surface area (Å²) in [6.45, 7) is 0.329. The number of sulfone groups is 1. The summed E-state index contributed by atoms with van der Waals surface area (Å²) in [7, 11) is -3.28. The first-order chi connectivity index (χ1) is 12.9.